The molecule has 3 unspecified atom stereocenters. The van der Waals surface area contributed by atoms with Crippen molar-refractivity contribution in [2.75, 3.05) is 20.3 Å². The third-order valence-electron chi connectivity index (χ3n) is 3.10. The molecule has 0 radical (unpaired) electrons. The Morgan fingerprint density at radius 1 is 1.47 bits per heavy atom. The Balaban J connectivity index is 2.69. The van der Waals surface area contributed by atoms with Crippen molar-refractivity contribution in [2.45, 2.75) is 39.3 Å². The van der Waals surface area contributed by atoms with E-state index in [0.29, 0.717) is 5.92 Å². The van der Waals surface area contributed by atoms with Crippen LogP contribution in [-0.4, -0.2) is 32.5 Å². The van der Waals surface area contributed by atoms with Gasteiger partial charge in [-0.15, -0.1) is 0 Å². The third kappa shape index (κ3) is 3.14. The third-order valence-corrected chi connectivity index (χ3v) is 3.10. The van der Waals surface area contributed by atoms with Crippen LogP contribution in [0, 0.1) is 11.3 Å². The maximum Gasteiger partial charge on any atom is 0.0789 e. The molecule has 1 aliphatic heterocycles. The predicted octanol–water partition coefficient (Wildman–Crippen LogP) is 0.916. The lowest BCUT2D eigenvalue weighted by Gasteiger charge is -2.38. The van der Waals surface area contributed by atoms with Crippen molar-refractivity contribution < 1.29 is 9.47 Å². The van der Waals surface area contributed by atoms with Crippen LogP contribution in [0.5, 0.6) is 0 Å². The molecule has 0 aromatic rings. The van der Waals surface area contributed by atoms with E-state index in [9.17, 15) is 0 Å². The van der Waals surface area contributed by atoms with E-state index >= 15 is 0 Å². The average Bonchev–Trinajstić information content (AvgIpc) is 2.64. The lowest BCUT2D eigenvalue weighted by molar-refractivity contribution is -0.0274. The summed E-state index contributed by atoms with van der Waals surface area (Å²) in [4.78, 5) is 0. The molecule has 90 valence electrons. The number of methoxy groups -OCH3 is 1. The van der Waals surface area contributed by atoms with Gasteiger partial charge < -0.3 is 9.47 Å². The van der Waals surface area contributed by atoms with Gasteiger partial charge in [0.05, 0.1) is 18.8 Å². The zero-order chi connectivity index (χ0) is 11.5. The Kier molecular flexibility index (Phi) is 4.52. The van der Waals surface area contributed by atoms with E-state index in [-0.39, 0.29) is 17.6 Å². The molecule has 1 rings (SSSR count). The number of hydrogen-bond donors (Lipinski definition) is 2. The van der Waals surface area contributed by atoms with Crippen LogP contribution < -0.4 is 11.3 Å². The minimum atomic E-state index is 0.0778. The number of nitrogens with one attached hydrogen (secondary N) is 1. The maximum absolute atomic E-state index is 5.64. The van der Waals surface area contributed by atoms with E-state index in [0.717, 1.165) is 19.6 Å². The van der Waals surface area contributed by atoms with Gasteiger partial charge in [-0.2, -0.15) is 0 Å². The molecular formula is C11H24N2O2. The van der Waals surface area contributed by atoms with E-state index in [1.807, 2.05) is 0 Å². The normalized spacial score (nSPS) is 26.6. The largest absolute Gasteiger partial charge is 0.381 e. The molecular weight excluding hydrogens is 192 g/mol. The summed E-state index contributed by atoms with van der Waals surface area (Å²) in [6, 6.07) is 0.164. The highest BCUT2D eigenvalue weighted by Crippen LogP contribution is 2.30. The molecule has 1 heterocycles. The standard InChI is InChI=1S/C11H24N2O2/c1-11(2,3)10(14-4)9(13-12)8-5-6-15-7-8/h8-10,13H,5-7,12H2,1-4H3. The first-order chi connectivity index (χ1) is 7.00. The van der Waals surface area contributed by atoms with Gasteiger partial charge in [0.2, 0.25) is 0 Å². The van der Waals surface area contributed by atoms with Gasteiger partial charge in [-0.1, -0.05) is 20.8 Å². The van der Waals surface area contributed by atoms with Crippen LogP contribution in [0.3, 0.4) is 0 Å². The predicted molar refractivity (Wildman–Crippen MR) is 60.3 cm³/mol. The molecule has 4 heteroatoms. The van der Waals surface area contributed by atoms with Crippen molar-refractivity contribution in [3.05, 3.63) is 0 Å². The minimum absolute atomic E-state index is 0.0778. The summed E-state index contributed by atoms with van der Waals surface area (Å²) >= 11 is 0. The van der Waals surface area contributed by atoms with Crippen molar-refractivity contribution in [1.29, 1.82) is 0 Å². The fourth-order valence-corrected chi connectivity index (χ4v) is 2.35. The number of ether oxygens (including phenoxy) is 2. The Hall–Kier alpha value is -0.160. The topological polar surface area (TPSA) is 56.5 Å². The molecule has 1 saturated heterocycles. The quantitative estimate of drug-likeness (QED) is 0.542. The Labute approximate surface area is 92.5 Å². The first-order valence-corrected chi connectivity index (χ1v) is 5.57. The number of nitrogens with two attached hydrogens (primary N) is 1. The molecule has 1 aliphatic rings. The molecule has 4 nitrogen and oxygen atoms in total. The molecule has 0 spiro atoms. The van der Waals surface area contributed by atoms with Crippen LogP contribution in [0.15, 0.2) is 0 Å². The molecule has 1 fully saturated rings. The lowest BCUT2D eigenvalue weighted by atomic mass is 9.79. The van der Waals surface area contributed by atoms with E-state index in [4.69, 9.17) is 15.3 Å². The Morgan fingerprint density at radius 3 is 2.47 bits per heavy atom. The SMILES string of the molecule is COC(C(NN)C1CCOC1)C(C)(C)C. The summed E-state index contributed by atoms with van der Waals surface area (Å²) < 4.78 is 11.0. The highest BCUT2D eigenvalue weighted by Gasteiger charge is 2.37. The average molecular weight is 216 g/mol. The van der Waals surface area contributed by atoms with Gasteiger partial charge in [0, 0.05) is 19.6 Å². The molecule has 0 bridgehead atoms. The van der Waals surface area contributed by atoms with Crippen LogP contribution >= 0.6 is 0 Å². The lowest BCUT2D eigenvalue weighted by Crippen LogP contribution is -2.54. The van der Waals surface area contributed by atoms with Crippen LogP contribution in [0.1, 0.15) is 27.2 Å². The van der Waals surface area contributed by atoms with Crippen molar-refractivity contribution >= 4 is 0 Å². The summed E-state index contributed by atoms with van der Waals surface area (Å²) in [6.45, 7) is 8.12. The zero-order valence-corrected chi connectivity index (χ0v) is 10.2. The minimum Gasteiger partial charge on any atom is -0.381 e. The summed E-state index contributed by atoms with van der Waals surface area (Å²) in [5.41, 5.74) is 2.97. The van der Waals surface area contributed by atoms with Gasteiger partial charge >= 0.3 is 0 Å². The fraction of sp³-hybridized carbons (Fsp3) is 1.00. The van der Waals surface area contributed by atoms with Crippen LogP contribution in [-0.2, 0) is 9.47 Å². The monoisotopic (exact) mass is 216 g/mol. The first-order valence-electron chi connectivity index (χ1n) is 5.57. The Bertz CT molecular complexity index is 186. The highest BCUT2D eigenvalue weighted by atomic mass is 16.5. The highest BCUT2D eigenvalue weighted by molar-refractivity contribution is 4.90. The van der Waals surface area contributed by atoms with E-state index < -0.39 is 0 Å². The van der Waals surface area contributed by atoms with Gasteiger partial charge in [-0.25, -0.2) is 0 Å². The number of hydrazine groups is 1. The molecule has 0 amide bonds. The first kappa shape index (κ1) is 12.9. The second-order valence-corrected chi connectivity index (χ2v) is 5.34. The van der Waals surface area contributed by atoms with Crippen molar-refractivity contribution in [3.63, 3.8) is 0 Å². The van der Waals surface area contributed by atoms with Gasteiger partial charge in [0.15, 0.2) is 0 Å². The molecule has 0 saturated carbocycles. The van der Waals surface area contributed by atoms with Crippen molar-refractivity contribution in [1.82, 2.24) is 5.43 Å². The summed E-state index contributed by atoms with van der Waals surface area (Å²) in [7, 11) is 1.75. The molecule has 3 N–H and O–H groups in total. The van der Waals surface area contributed by atoms with Gasteiger partial charge in [0.25, 0.3) is 0 Å². The van der Waals surface area contributed by atoms with E-state index in [2.05, 4.69) is 26.2 Å². The smallest absolute Gasteiger partial charge is 0.0789 e. The van der Waals surface area contributed by atoms with Crippen LogP contribution in [0.25, 0.3) is 0 Å². The van der Waals surface area contributed by atoms with E-state index in [1.165, 1.54) is 0 Å². The molecule has 0 aliphatic carbocycles. The summed E-state index contributed by atoms with van der Waals surface area (Å²) in [6.07, 6.45) is 1.17. The zero-order valence-electron chi connectivity index (χ0n) is 10.2. The number of hydrogen-bond acceptors (Lipinski definition) is 4. The second-order valence-electron chi connectivity index (χ2n) is 5.34. The van der Waals surface area contributed by atoms with Gasteiger partial charge in [-0.3, -0.25) is 11.3 Å². The summed E-state index contributed by atoms with van der Waals surface area (Å²) in [5.74, 6) is 6.10. The second kappa shape index (κ2) is 5.25. The van der Waals surface area contributed by atoms with Crippen molar-refractivity contribution in [2.24, 2.45) is 17.2 Å². The van der Waals surface area contributed by atoms with Crippen molar-refractivity contribution in [3.8, 4) is 0 Å². The maximum atomic E-state index is 5.64. The number of rotatable bonds is 4. The van der Waals surface area contributed by atoms with E-state index in [1.54, 1.807) is 7.11 Å². The van der Waals surface area contributed by atoms with Crippen LogP contribution in [0.2, 0.25) is 0 Å². The van der Waals surface area contributed by atoms with Crippen LogP contribution in [0.4, 0.5) is 0 Å². The Morgan fingerprint density at radius 2 is 2.13 bits per heavy atom. The fourth-order valence-electron chi connectivity index (χ4n) is 2.35. The van der Waals surface area contributed by atoms with Gasteiger partial charge in [-0.05, 0) is 11.8 Å². The molecule has 0 aromatic carbocycles. The molecule has 0 aromatic heterocycles. The van der Waals surface area contributed by atoms with Gasteiger partial charge in [0.1, 0.15) is 0 Å². The molecule has 3 atom stereocenters. The molecule has 15 heavy (non-hydrogen) atoms. The summed E-state index contributed by atoms with van der Waals surface area (Å²) in [5, 5.41) is 0.